The second-order valence-corrected chi connectivity index (χ2v) is 5.42. The van der Waals surface area contributed by atoms with E-state index >= 15 is 0 Å². The molecular formula is C16H26N2O2. The molecule has 0 spiro atoms. The highest BCUT2D eigenvalue weighted by atomic mass is 16.5. The van der Waals surface area contributed by atoms with Crippen molar-refractivity contribution in [1.82, 2.24) is 4.90 Å². The van der Waals surface area contributed by atoms with E-state index in [1.54, 1.807) is 0 Å². The van der Waals surface area contributed by atoms with E-state index in [2.05, 4.69) is 11.8 Å². The maximum Gasteiger partial charge on any atom is 0.119 e. The predicted molar refractivity (Wildman–Crippen MR) is 81.4 cm³/mol. The molecule has 1 aromatic rings. The smallest absolute Gasteiger partial charge is 0.119 e. The minimum Gasteiger partial charge on any atom is -0.494 e. The molecule has 2 N–H and O–H groups in total. The van der Waals surface area contributed by atoms with E-state index in [0.717, 1.165) is 37.4 Å². The third kappa shape index (κ3) is 4.39. The quantitative estimate of drug-likeness (QED) is 0.867. The number of nitrogens with zero attached hydrogens (tertiary/aromatic N) is 1. The van der Waals surface area contributed by atoms with Crippen molar-refractivity contribution < 1.29 is 9.47 Å². The van der Waals surface area contributed by atoms with Gasteiger partial charge < -0.3 is 15.2 Å². The van der Waals surface area contributed by atoms with Gasteiger partial charge in [0.1, 0.15) is 18.1 Å². The van der Waals surface area contributed by atoms with Crippen LogP contribution >= 0.6 is 0 Å². The zero-order valence-corrected chi connectivity index (χ0v) is 12.5. The SMILES string of the molecule is CCOc1ccc(OCCN2CCC(N)CC2C)cc1. The molecule has 0 aliphatic carbocycles. The first kappa shape index (κ1) is 15.1. The molecule has 1 saturated heterocycles. The molecule has 0 bridgehead atoms. The summed E-state index contributed by atoms with van der Waals surface area (Å²) < 4.78 is 11.2. The minimum absolute atomic E-state index is 0.369. The molecule has 0 radical (unpaired) electrons. The van der Waals surface area contributed by atoms with Crippen molar-refractivity contribution in [2.24, 2.45) is 5.73 Å². The van der Waals surface area contributed by atoms with Crippen LogP contribution in [0.2, 0.25) is 0 Å². The van der Waals surface area contributed by atoms with Gasteiger partial charge in [0.05, 0.1) is 6.61 Å². The van der Waals surface area contributed by atoms with Crippen molar-refractivity contribution in [1.29, 1.82) is 0 Å². The van der Waals surface area contributed by atoms with E-state index in [0.29, 0.717) is 25.3 Å². The highest BCUT2D eigenvalue weighted by molar-refractivity contribution is 5.31. The van der Waals surface area contributed by atoms with Crippen LogP contribution in [0.3, 0.4) is 0 Å². The topological polar surface area (TPSA) is 47.7 Å². The van der Waals surface area contributed by atoms with Crippen LogP contribution in [0.15, 0.2) is 24.3 Å². The summed E-state index contributed by atoms with van der Waals surface area (Å²) in [5.74, 6) is 1.79. The predicted octanol–water partition coefficient (Wildman–Crippen LogP) is 2.28. The zero-order valence-electron chi connectivity index (χ0n) is 12.5. The Kier molecular flexibility index (Phi) is 5.68. The summed E-state index contributed by atoms with van der Waals surface area (Å²) >= 11 is 0. The first-order chi connectivity index (χ1) is 9.69. The average Bonchev–Trinajstić information content (AvgIpc) is 2.43. The molecule has 1 aliphatic rings. The summed E-state index contributed by atoms with van der Waals surface area (Å²) in [5.41, 5.74) is 5.98. The number of hydrogen-bond acceptors (Lipinski definition) is 4. The van der Waals surface area contributed by atoms with E-state index in [-0.39, 0.29) is 0 Å². The lowest BCUT2D eigenvalue weighted by Crippen LogP contribution is -2.46. The van der Waals surface area contributed by atoms with E-state index < -0.39 is 0 Å². The first-order valence-corrected chi connectivity index (χ1v) is 7.54. The molecule has 2 rings (SSSR count). The molecule has 1 aromatic carbocycles. The van der Waals surface area contributed by atoms with Gasteiger partial charge in [-0.25, -0.2) is 0 Å². The van der Waals surface area contributed by atoms with Gasteiger partial charge in [0.25, 0.3) is 0 Å². The molecule has 0 aromatic heterocycles. The molecule has 1 fully saturated rings. The fraction of sp³-hybridized carbons (Fsp3) is 0.625. The number of rotatable bonds is 6. The number of piperidine rings is 1. The average molecular weight is 278 g/mol. The molecule has 1 aliphatic heterocycles. The Labute approximate surface area is 121 Å². The Hall–Kier alpha value is -1.26. The van der Waals surface area contributed by atoms with E-state index in [1.807, 2.05) is 31.2 Å². The molecule has 2 atom stereocenters. The lowest BCUT2D eigenvalue weighted by molar-refractivity contribution is 0.123. The zero-order chi connectivity index (χ0) is 14.4. The minimum atomic E-state index is 0.369. The van der Waals surface area contributed by atoms with Crippen LogP contribution in [0.25, 0.3) is 0 Å². The first-order valence-electron chi connectivity index (χ1n) is 7.54. The van der Waals surface area contributed by atoms with Gasteiger partial charge in [-0.05, 0) is 51.0 Å². The van der Waals surface area contributed by atoms with Crippen LogP contribution in [0, 0.1) is 0 Å². The van der Waals surface area contributed by atoms with Crippen molar-refractivity contribution in [3.05, 3.63) is 24.3 Å². The van der Waals surface area contributed by atoms with Crippen LogP contribution in [-0.2, 0) is 0 Å². The summed E-state index contributed by atoms with van der Waals surface area (Å²) in [5, 5.41) is 0. The highest BCUT2D eigenvalue weighted by Gasteiger charge is 2.22. The summed E-state index contributed by atoms with van der Waals surface area (Å²) in [7, 11) is 0. The highest BCUT2D eigenvalue weighted by Crippen LogP contribution is 2.18. The lowest BCUT2D eigenvalue weighted by Gasteiger charge is -2.36. The largest absolute Gasteiger partial charge is 0.494 e. The van der Waals surface area contributed by atoms with Gasteiger partial charge in [0.2, 0.25) is 0 Å². The molecule has 20 heavy (non-hydrogen) atoms. The molecule has 2 unspecified atom stereocenters. The number of ether oxygens (including phenoxy) is 2. The summed E-state index contributed by atoms with van der Waals surface area (Å²) in [6.07, 6.45) is 2.18. The molecule has 0 saturated carbocycles. The molecular weight excluding hydrogens is 252 g/mol. The Morgan fingerprint density at radius 2 is 1.85 bits per heavy atom. The normalized spacial score (nSPS) is 23.6. The number of nitrogens with two attached hydrogens (primary N) is 1. The number of hydrogen-bond donors (Lipinski definition) is 1. The van der Waals surface area contributed by atoms with Crippen LogP contribution in [0.1, 0.15) is 26.7 Å². The van der Waals surface area contributed by atoms with Crippen molar-refractivity contribution >= 4 is 0 Å². The summed E-state index contributed by atoms with van der Waals surface area (Å²) in [4.78, 5) is 2.46. The molecule has 1 heterocycles. The van der Waals surface area contributed by atoms with Gasteiger partial charge in [0.15, 0.2) is 0 Å². The van der Waals surface area contributed by atoms with Crippen LogP contribution < -0.4 is 15.2 Å². The molecule has 4 heteroatoms. The van der Waals surface area contributed by atoms with Gasteiger partial charge >= 0.3 is 0 Å². The van der Waals surface area contributed by atoms with Crippen molar-refractivity contribution in [3.63, 3.8) is 0 Å². The van der Waals surface area contributed by atoms with Crippen LogP contribution in [0.5, 0.6) is 11.5 Å². The third-order valence-corrected chi connectivity index (χ3v) is 3.84. The van der Waals surface area contributed by atoms with Gasteiger partial charge in [-0.3, -0.25) is 4.90 Å². The standard InChI is InChI=1S/C16H26N2O2/c1-3-19-15-4-6-16(7-5-15)20-11-10-18-9-8-14(17)12-13(18)2/h4-7,13-14H,3,8-12,17H2,1-2H3. The third-order valence-electron chi connectivity index (χ3n) is 3.84. The van der Waals surface area contributed by atoms with Crippen LogP contribution in [0.4, 0.5) is 0 Å². The number of benzene rings is 1. The molecule has 4 nitrogen and oxygen atoms in total. The maximum absolute atomic E-state index is 5.98. The Morgan fingerprint density at radius 3 is 2.45 bits per heavy atom. The van der Waals surface area contributed by atoms with Crippen molar-refractivity contribution in [2.75, 3.05) is 26.3 Å². The van der Waals surface area contributed by atoms with E-state index in [9.17, 15) is 0 Å². The van der Waals surface area contributed by atoms with E-state index in [1.165, 1.54) is 0 Å². The molecule has 112 valence electrons. The fourth-order valence-electron chi connectivity index (χ4n) is 2.67. The number of likely N-dealkylation sites (tertiary alicyclic amines) is 1. The lowest BCUT2D eigenvalue weighted by atomic mass is 9.99. The summed E-state index contributed by atoms with van der Waals surface area (Å²) in [6.45, 7) is 7.67. The Morgan fingerprint density at radius 1 is 1.20 bits per heavy atom. The monoisotopic (exact) mass is 278 g/mol. The second kappa shape index (κ2) is 7.50. The van der Waals surface area contributed by atoms with Crippen LogP contribution in [-0.4, -0.2) is 43.3 Å². The van der Waals surface area contributed by atoms with Crippen molar-refractivity contribution in [3.8, 4) is 11.5 Å². The van der Waals surface area contributed by atoms with Gasteiger partial charge in [-0.2, -0.15) is 0 Å². The fourth-order valence-corrected chi connectivity index (χ4v) is 2.67. The van der Waals surface area contributed by atoms with E-state index in [4.69, 9.17) is 15.2 Å². The van der Waals surface area contributed by atoms with Gasteiger partial charge in [-0.15, -0.1) is 0 Å². The second-order valence-electron chi connectivity index (χ2n) is 5.42. The molecule has 0 amide bonds. The van der Waals surface area contributed by atoms with Gasteiger partial charge in [-0.1, -0.05) is 0 Å². The summed E-state index contributed by atoms with van der Waals surface area (Å²) in [6, 6.07) is 8.74. The van der Waals surface area contributed by atoms with Crippen molar-refractivity contribution in [2.45, 2.75) is 38.8 Å². The Balaban J connectivity index is 1.72. The maximum atomic E-state index is 5.98. The van der Waals surface area contributed by atoms with Gasteiger partial charge in [0, 0.05) is 25.2 Å². The Bertz CT molecular complexity index is 394.